The minimum Gasteiger partial charge on any atom is -0.508 e. The lowest BCUT2D eigenvalue weighted by atomic mass is 10.00. The lowest BCUT2D eigenvalue weighted by molar-refractivity contribution is 0.475. The number of benzene rings is 2. The molecule has 2 heteroatoms. The first-order valence-corrected chi connectivity index (χ1v) is 4.87. The number of nitrogens with two attached hydrogens (primary N) is 1. The summed E-state index contributed by atoms with van der Waals surface area (Å²) in [4.78, 5) is 0. The van der Waals surface area contributed by atoms with Gasteiger partial charge in [-0.15, -0.1) is 0 Å². The molecule has 0 heterocycles. The highest BCUT2D eigenvalue weighted by Gasteiger charge is 2.07. The first-order chi connectivity index (χ1) is 7.27. The summed E-state index contributed by atoms with van der Waals surface area (Å²) in [6, 6.07) is 16.7. The second kappa shape index (κ2) is 4.15. The van der Waals surface area contributed by atoms with Crippen LogP contribution in [-0.4, -0.2) is 5.11 Å². The van der Waals surface area contributed by atoms with E-state index in [4.69, 9.17) is 10.8 Å². The van der Waals surface area contributed by atoms with Gasteiger partial charge in [-0.3, -0.25) is 0 Å². The minimum absolute atomic E-state index is 0.133. The van der Waals surface area contributed by atoms with Crippen LogP contribution in [-0.2, 0) is 0 Å². The van der Waals surface area contributed by atoms with E-state index in [0.29, 0.717) is 0 Å². The van der Waals surface area contributed by atoms with Crippen molar-refractivity contribution in [2.24, 2.45) is 5.73 Å². The smallest absolute Gasteiger partial charge is 0.115 e. The second-order valence-electron chi connectivity index (χ2n) is 3.48. The van der Waals surface area contributed by atoms with Gasteiger partial charge < -0.3 is 10.8 Å². The molecule has 0 aliphatic heterocycles. The average Bonchev–Trinajstić information content (AvgIpc) is 2.30. The van der Waals surface area contributed by atoms with Gasteiger partial charge in [-0.05, 0) is 23.3 Å². The Morgan fingerprint density at radius 3 is 1.93 bits per heavy atom. The van der Waals surface area contributed by atoms with Crippen molar-refractivity contribution in [1.29, 1.82) is 0 Å². The van der Waals surface area contributed by atoms with Crippen LogP contribution < -0.4 is 5.73 Å². The molecule has 2 rings (SSSR count). The van der Waals surface area contributed by atoms with E-state index in [1.54, 1.807) is 12.1 Å². The fourth-order valence-electron chi connectivity index (χ4n) is 1.53. The summed E-state index contributed by atoms with van der Waals surface area (Å²) in [7, 11) is 0. The van der Waals surface area contributed by atoms with Crippen molar-refractivity contribution in [2.45, 2.75) is 6.04 Å². The fourth-order valence-corrected chi connectivity index (χ4v) is 1.53. The molecule has 76 valence electrons. The largest absolute Gasteiger partial charge is 0.508 e. The molecular weight excluding hydrogens is 186 g/mol. The van der Waals surface area contributed by atoms with Gasteiger partial charge in [0.05, 0.1) is 6.04 Å². The van der Waals surface area contributed by atoms with Crippen LogP contribution in [0, 0.1) is 0 Å². The fraction of sp³-hybridized carbons (Fsp3) is 0.0769. The molecule has 0 aliphatic carbocycles. The van der Waals surface area contributed by atoms with Gasteiger partial charge in [0, 0.05) is 0 Å². The summed E-state index contributed by atoms with van der Waals surface area (Å²) in [6.07, 6.45) is 0. The minimum atomic E-state index is -0.133. The number of hydrogen-bond donors (Lipinski definition) is 2. The first kappa shape index (κ1) is 9.74. The van der Waals surface area contributed by atoms with Crippen LogP contribution >= 0.6 is 0 Å². The number of phenolic OH excluding ortho intramolecular Hbond substituents is 1. The molecule has 0 saturated carbocycles. The number of phenols is 1. The zero-order chi connectivity index (χ0) is 10.7. The van der Waals surface area contributed by atoms with Gasteiger partial charge in [-0.1, -0.05) is 42.5 Å². The molecule has 0 amide bonds. The number of rotatable bonds is 2. The monoisotopic (exact) mass is 199 g/mol. The van der Waals surface area contributed by atoms with Crippen LogP contribution in [0.2, 0.25) is 0 Å². The molecule has 0 aromatic heterocycles. The molecule has 1 atom stereocenters. The van der Waals surface area contributed by atoms with Crippen LogP contribution in [0.25, 0.3) is 0 Å². The Balaban J connectivity index is 2.29. The zero-order valence-corrected chi connectivity index (χ0v) is 8.30. The molecular formula is C13H13NO. The Hall–Kier alpha value is -1.80. The van der Waals surface area contributed by atoms with Crippen LogP contribution in [0.3, 0.4) is 0 Å². The van der Waals surface area contributed by atoms with Gasteiger partial charge in [-0.25, -0.2) is 0 Å². The third-order valence-electron chi connectivity index (χ3n) is 2.41. The Labute approximate surface area is 89.0 Å². The van der Waals surface area contributed by atoms with E-state index >= 15 is 0 Å². The molecule has 1 unspecified atom stereocenters. The maximum Gasteiger partial charge on any atom is 0.115 e. The Kier molecular flexibility index (Phi) is 2.70. The standard InChI is InChI=1S/C13H13NO/c14-13(10-4-2-1-3-5-10)11-6-8-12(15)9-7-11/h1-9,13,15H,14H2. The van der Waals surface area contributed by atoms with Gasteiger partial charge in [-0.2, -0.15) is 0 Å². The van der Waals surface area contributed by atoms with E-state index in [-0.39, 0.29) is 11.8 Å². The molecule has 15 heavy (non-hydrogen) atoms. The van der Waals surface area contributed by atoms with Crippen molar-refractivity contribution in [3.63, 3.8) is 0 Å². The lowest BCUT2D eigenvalue weighted by Crippen LogP contribution is -2.11. The highest BCUT2D eigenvalue weighted by Crippen LogP contribution is 2.20. The van der Waals surface area contributed by atoms with Gasteiger partial charge >= 0.3 is 0 Å². The Bertz CT molecular complexity index is 422. The highest BCUT2D eigenvalue weighted by molar-refractivity contribution is 5.34. The first-order valence-electron chi connectivity index (χ1n) is 4.87. The van der Waals surface area contributed by atoms with Crippen LogP contribution in [0.1, 0.15) is 17.2 Å². The molecule has 0 spiro atoms. The molecule has 3 N–H and O–H groups in total. The van der Waals surface area contributed by atoms with Crippen molar-refractivity contribution in [3.8, 4) is 5.75 Å². The van der Waals surface area contributed by atoms with Crippen LogP contribution in [0.4, 0.5) is 0 Å². The summed E-state index contributed by atoms with van der Waals surface area (Å²) < 4.78 is 0. The predicted octanol–water partition coefficient (Wildman–Crippen LogP) is 2.44. The van der Waals surface area contributed by atoms with Gasteiger partial charge in [0.15, 0.2) is 0 Å². The molecule has 0 saturated heterocycles. The van der Waals surface area contributed by atoms with Gasteiger partial charge in [0.1, 0.15) is 5.75 Å². The van der Waals surface area contributed by atoms with Crippen molar-refractivity contribution in [1.82, 2.24) is 0 Å². The molecule has 2 nitrogen and oxygen atoms in total. The summed E-state index contributed by atoms with van der Waals surface area (Å²) >= 11 is 0. The Morgan fingerprint density at radius 2 is 1.33 bits per heavy atom. The van der Waals surface area contributed by atoms with Gasteiger partial charge in [0.25, 0.3) is 0 Å². The molecule has 2 aromatic carbocycles. The van der Waals surface area contributed by atoms with Crippen molar-refractivity contribution in [3.05, 3.63) is 65.7 Å². The Morgan fingerprint density at radius 1 is 0.800 bits per heavy atom. The van der Waals surface area contributed by atoms with Gasteiger partial charge in [0.2, 0.25) is 0 Å². The van der Waals surface area contributed by atoms with E-state index in [1.165, 1.54) is 0 Å². The summed E-state index contributed by atoms with van der Waals surface area (Å²) in [5.41, 5.74) is 8.16. The maximum absolute atomic E-state index is 9.17. The topological polar surface area (TPSA) is 46.2 Å². The third-order valence-corrected chi connectivity index (χ3v) is 2.41. The third kappa shape index (κ3) is 2.17. The SMILES string of the molecule is NC(c1ccccc1)c1ccc(O)cc1. The summed E-state index contributed by atoms with van der Waals surface area (Å²) in [5, 5.41) is 9.17. The quantitative estimate of drug-likeness (QED) is 0.780. The van der Waals surface area contributed by atoms with E-state index in [1.807, 2.05) is 42.5 Å². The van der Waals surface area contributed by atoms with E-state index in [0.717, 1.165) is 11.1 Å². The van der Waals surface area contributed by atoms with E-state index in [9.17, 15) is 0 Å². The van der Waals surface area contributed by atoms with Crippen molar-refractivity contribution in [2.75, 3.05) is 0 Å². The average molecular weight is 199 g/mol. The zero-order valence-electron chi connectivity index (χ0n) is 8.30. The maximum atomic E-state index is 9.17. The molecule has 2 aromatic rings. The van der Waals surface area contributed by atoms with Crippen molar-refractivity contribution >= 4 is 0 Å². The van der Waals surface area contributed by atoms with Crippen molar-refractivity contribution < 1.29 is 5.11 Å². The number of aromatic hydroxyl groups is 1. The highest BCUT2D eigenvalue weighted by atomic mass is 16.3. The summed E-state index contributed by atoms with van der Waals surface area (Å²) in [6.45, 7) is 0. The van der Waals surface area contributed by atoms with Crippen LogP contribution in [0.5, 0.6) is 5.75 Å². The van der Waals surface area contributed by atoms with Crippen LogP contribution in [0.15, 0.2) is 54.6 Å². The molecule has 0 radical (unpaired) electrons. The number of hydrogen-bond acceptors (Lipinski definition) is 2. The second-order valence-corrected chi connectivity index (χ2v) is 3.48. The predicted molar refractivity (Wildman–Crippen MR) is 60.6 cm³/mol. The lowest BCUT2D eigenvalue weighted by Gasteiger charge is -2.12. The van der Waals surface area contributed by atoms with E-state index < -0.39 is 0 Å². The molecule has 0 aliphatic rings. The normalized spacial score (nSPS) is 12.3. The molecule has 0 fully saturated rings. The summed E-state index contributed by atoms with van der Waals surface area (Å²) in [5.74, 6) is 0.263. The molecule has 0 bridgehead atoms. The van der Waals surface area contributed by atoms with E-state index in [2.05, 4.69) is 0 Å².